The van der Waals surface area contributed by atoms with E-state index in [1.165, 1.54) is 0 Å². The predicted octanol–water partition coefficient (Wildman–Crippen LogP) is 3.64. The molecule has 0 unspecified atom stereocenters. The van der Waals surface area contributed by atoms with E-state index >= 15 is 0 Å². The predicted molar refractivity (Wildman–Crippen MR) is 143 cm³/mol. The van der Waals surface area contributed by atoms with Crippen molar-refractivity contribution in [2.45, 2.75) is 37.8 Å². The second-order valence-electron chi connectivity index (χ2n) is 9.39. The molecule has 3 heterocycles. The van der Waals surface area contributed by atoms with Crippen LogP contribution in [0.5, 0.6) is 5.75 Å². The van der Waals surface area contributed by atoms with Gasteiger partial charge in [0.25, 0.3) is 0 Å². The van der Waals surface area contributed by atoms with Crippen molar-refractivity contribution in [1.29, 1.82) is 0 Å². The maximum atomic E-state index is 13.1. The highest BCUT2D eigenvalue weighted by atomic mass is 32.2. The summed E-state index contributed by atoms with van der Waals surface area (Å²) >= 11 is 0. The first-order chi connectivity index (χ1) is 17.8. The molecular weight excluding hydrogens is 488 g/mol. The van der Waals surface area contributed by atoms with E-state index in [1.807, 2.05) is 50.4 Å². The van der Waals surface area contributed by atoms with Crippen LogP contribution in [0.2, 0.25) is 0 Å². The first-order valence-electron chi connectivity index (χ1n) is 12.4. The Morgan fingerprint density at radius 2 is 1.95 bits per heavy atom. The van der Waals surface area contributed by atoms with E-state index in [9.17, 15) is 8.42 Å². The van der Waals surface area contributed by atoms with Crippen LogP contribution in [0, 0.1) is 13.8 Å². The van der Waals surface area contributed by atoms with Crippen LogP contribution in [0.3, 0.4) is 0 Å². The Bertz CT molecular complexity index is 1510. The summed E-state index contributed by atoms with van der Waals surface area (Å²) in [6.45, 7) is 6.50. The van der Waals surface area contributed by atoms with Crippen LogP contribution in [0.25, 0.3) is 16.9 Å². The van der Waals surface area contributed by atoms with Gasteiger partial charge in [-0.05, 0) is 66.9 Å². The summed E-state index contributed by atoms with van der Waals surface area (Å²) in [6.07, 6.45) is 2.80. The molecule has 2 aromatic heterocycles. The number of fused-ring (bicyclic) bond motifs is 1. The van der Waals surface area contributed by atoms with Gasteiger partial charge in [0.15, 0.2) is 0 Å². The summed E-state index contributed by atoms with van der Waals surface area (Å²) in [4.78, 5) is 5.19. The van der Waals surface area contributed by atoms with E-state index in [-0.39, 0.29) is 17.5 Å². The Morgan fingerprint density at radius 3 is 2.65 bits per heavy atom. The fourth-order valence-corrected chi connectivity index (χ4v) is 5.75. The maximum Gasteiger partial charge on any atom is 0.240 e. The van der Waals surface area contributed by atoms with Crippen molar-refractivity contribution in [3.8, 4) is 17.0 Å². The molecule has 9 heteroatoms. The molecule has 0 aliphatic carbocycles. The van der Waals surface area contributed by atoms with Gasteiger partial charge in [-0.3, -0.25) is 0 Å². The number of morpholine rings is 1. The molecule has 4 aromatic rings. The number of methoxy groups -OCH3 is 1. The molecule has 1 aliphatic heterocycles. The highest BCUT2D eigenvalue weighted by Gasteiger charge is 2.23. The summed E-state index contributed by atoms with van der Waals surface area (Å²) in [7, 11) is -2.10. The van der Waals surface area contributed by atoms with Crippen molar-refractivity contribution >= 4 is 15.7 Å². The molecule has 5 rings (SSSR count). The number of nitrogens with zero attached hydrogens (tertiary/aromatic N) is 2. The van der Waals surface area contributed by atoms with E-state index in [0.717, 1.165) is 58.1 Å². The molecule has 0 saturated carbocycles. The fraction of sp³-hybridized carbons (Fsp3) is 0.321. The molecular formula is C28H32N4O4S. The number of aryl methyl sites for hydroxylation is 2. The Kier molecular flexibility index (Phi) is 7.30. The molecule has 1 fully saturated rings. The maximum absolute atomic E-state index is 13.1. The minimum absolute atomic E-state index is 0.0517. The van der Waals surface area contributed by atoms with E-state index in [0.29, 0.717) is 13.0 Å². The van der Waals surface area contributed by atoms with E-state index < -0.39 is 10.0 Å². The number of imidazole rings is 1. The van der Waals surface area contributed by atoms with Gasteiger partial charge in [0, 0.05) is 37.8 Å². The number of hydrogen-bond acceptors (Lipinski definition) is 6. The second kappa shape index (κ2) is 10.6. The number of ether oxygens (including phenoxy) is 2. The number of sulfonamides is 1. The third-order valence-corrected chi connectivity index (χ3v) is 8.09. The van der Waals surface area contributed by atoms with Gasteiger partial charge in [0.05, 0.1) is 36.1 Å². The van der Waals surface area contributed by atoms with Crippen LogP contribution >= 0.6 is 0 Å². The van der Waals surface area contributed by atoms with Crippen LogP contribution < -0.4 is 14.8 Å². The Morgan fingerprint density at radius 1 is 1.14 bits per heavy atom. The molecule has 1 aliphatic rings. The lowest BCUT2D eigenvalue weighted by Crippen LogP contribution is -2.39. The zero-order chi connectivity index (χ0) is 26.0. The van der Waals surface area contributed by atoms with Gasteiger partial charge >= 0.3 is 0 Å². The summed E-state index contributed by atoms with van der Waals surface area (Å²) in [6, 6.07) is 16.6. The van der Waals surface area contributed by atoms with Gasteiger partial charge < -0.3 is 19.2 Å². The van der Waals surface area contributed by atoms with E-state index in [4.69, 9.17) is 14.5 Å². The number of hydrogen-bond donors (Lipinski definition) is 2. The zero-order valence-corrected chi connectivity index (χ0v) is 22.1. The molecule has 2 N–H and O–H groups in total. The third kappa shape index (κ3) is 5.55. The zero-order valence-electron chi connectivity index (χ0n) is 21.3. The monoisotopic (exact) mass is 520 g/mol. The molecule has 0 spiro atoms. The second-order valence-corrected chi connectivity index (χ2v) is 11.2. The number of pyridine rings is 1. The standard InChI is InChI=1S/C28H32N4O4S/c1-19-10-12-32-26(16-23-18-29-11-13-36-23)28(31-27(32)14-19)25-9-8-24(15-20(25)2)37(33,34)30-17-21-4-6-22(35-3)7-5-21/h4-10,12,14-15,23,29-30H,11,13,16-18H2,1-3H3/t23-/m0/s1. The molecule has 1 saturated heterocycles. The smallest absolute Gasteiger partial charge is 0.240 e. The summed E-state index contributed by atoms with van der Waals surface area (Å²) < 4.78 is 42.1. The van der Waals surface area contributed by atoms with Crippen LogP contribution in [0.4, 0.5) is 0 Å². The molecule has 0 amide bonds. The van der Waals surface area contributed by atoms with Gasteiger partial charge in [-0.25, -0.2) is 18.1 Å². The van der Waals surface area contributed by atoms with Crippen LogP contribution in [0.15, 0.2) is 65.7 Å². The lowest BCUT2D eigenvalue weighted by molar-refractivity contribution is 0.0286. The quantitative estimate of drug-likeness (QED) is 0.369. The highest BCUT2D eigenvalue weighted by Crippen LogP contribution is 2.30. The average molecular weight is 521 g/mol. The van der Waals surface area contributed by atoms with Crippen molar-refractivity contribution in [3.63, 3.8) is 0 Å². The van der Waals surface area contributed by atoms with Crippen LogP contribution in [-0.2, 0) is 27.7 Å². The van der Waals surface area contributed by atoms with Crippen molar-refractivity contribution in [2.75, 3.05) is 26.8 Å². The molecule has 8 nitrogen and oxygen atoms in total. The Labute approximate surface area is 217 Å². The molecule has 2 aromatic carbocycles. The third-order valence-electron chi connectivity index (χ3n) is 6.69. The number of nitrogens with one attached hydrogen (secondary N) is 2. The SMILES string of the molecule is COc1ccc(CNS(=O)(=O)c2ccc(-c3nc4cc(C)ccn4c3C[C@H]3CNCCO3)c(C)c2)cc1. The first-order valence-corrected chi connectivity index (χ1v) is 13.9. The number of aromatic nitrogens is 2. The summed E-state index contributed by atoms with van der Waals surface area (Å²) in [5, 5.41) is 3.39. The minimum atomic E-state index is -3.69. The van der Waals surface area contributed by atoms with Crippen LogP contribution in [-0.4, -0.2) is 50.7 Å². The fourth-order valence-electron chi connectivity index (χ4n) is 4.65. The van der Waals surface area contributed by atoms with Gasteiger partial charge in [-0.15, -0.1) is 0 Å². The number of benzene rings is 2. The van der Waals surface area contributed by atoms with Crippen molar-refractivity contribution in [2.24, 2.45) is 0 Å². The van der Waals surface area contributed by atoms with Gasteiger partial charge in [0.2, 0.25) is 10.0 Å². The van der Waals surface area contributed by atoms with Crippen LogP contribution in [0.1, 0.15) is 22.4 Å². The van der Waals surface area contributed by atoms with E-state index in [1.54, 1.807) is 19.2 Å². The van der Waals surface area contributed by atoms with Gasteiger partial charge in [-0.1, -0.05) is 18.2 Å². The first kappa shape index (κ1) is 25.4. The largest absolute Gasteiger partial charge is 0.497 e. The van der Waals surface area contributed by atoms with Gasteiger partial charge in [0.1, 0.15) is 11.4 Å². The Hall–Kier alpha value is -3.24. The lowest BCUT2D eigenvalue weighted by Gasteiger charge is -2.24. The molecule has 37 heavy (non-hydrogen) atoms. The number of rotatable bonds is 8. The van der Waals surface area contributed by atoms with E-state index in [2.05, 4.69) is 26.6 Å². The summed E-state index contributed by atoms with van der Waals surface area (Å²) in [5.74, 6) is 0.727. The highest BCUT2D eigenvalue weighted by molar-refractivity contribution is 7.89. The topological polar surface area (TPSA) is 94.0 Å². The Balaban J connectivity index is 1.44. The van der Waals surface area contributed by atoms with Crippen molar-refractivity contribution in [3.05, 3.63) is 83.2 Å². The van der Waals surface area contributed by atoms with Crippen molar-refractivity contribution in [1.82, 2.24) is 19.4 Å². The van der Waals surface area contributed by atoms with Crippen molar-refractivity contribution < 1.29 is 17.9 Å². The molecule has 1 atom stereocenters. The van der Waals surface area contributed by atoms with Gasteiger partial charge in [-0.2, -0.15) is 0 Å². The lowest BCUT2D eigenvalue weighted by atomic mass is 10.0. The molecule has 0 bridgehead atoms. The minimum Gasteiger partial charge on any atom is -0.497 e. The average Bonchev–Trinajstić information content (AvgIpc) is 3.25. The normalized spacial score (nSPS) is 16.2. The molecule has 0 radical (unpaired) electrons. The summed E-state index contributed by atoms with van der Waals surface area (Å²) in [5.41, 5.74) is 6.51. The molecule has 194 valence electrons.